The number of piperazine rings is 1. The number of rotatable bonds is 4. The Morgan fingerprint density at radius 1 is 1.26 bits per heavy atom. The summed E-state index contributed by atoms with van der Waals surface area (Å²) in [4.78, 5) is 41.3. The van der Waals surface area contributed by atoms with Crippen LogP contribution in [-0.4, -0.2) is 49.4 Å². The first-order valence-electron chi connectivity index (χ1n) is 10.6. The molecule has 0 aromatic heterocycles. The molecule has 1 saturated heterocycles. The zero-order chi connectivity index (χ0) is 22.3. The van der Waals surface area contributed by atoms with Crippen molar-refractivity contribution in [3.63, 3.8) is 0 Å². The highest BCUT2D eigenvalue weighted by atomic mass is 16.5. The van der Waals surface area contributed by atoms with E-state index in [1.165, 1.54) is 7.11 Å². The molecule has 0 spiro atoms. The lowest BCUT2D eigenvalue weighted by atomic mass is 9.67. The molecule has 1 aromatic rings. The summed E-state index contributed by atoms with van der Waals surface area (Å²) in [6, 6.07) is 7.38. The van der Waals surface area contributed by atoms with E-state index in [4.69, 9.17) is 9.47 Å². The quantitative estimate of drug-likeness (QED) is 0.748. The molecule has 0 saturated carbocycles. The van der Waals surface area contributed by atoms with Crippen molar-refractivity contribution in [2.45, 2.75) is 39.5 Å². The molecule has 1 amide bonds. The number of amides is 1. The number of methoxy groups -OCH3 is 1. The van der Waals surface area contributed by atoms with Crippen LogP contribution in [0.3, 0.4) is 0 Å². The zero-order valence-electron chi connectivity index (χ0n) is 18.4. The van der Waals surface area contributed by atoms with Gasteiger partial charge < -0.3 is 19.7 Å². The summed E-state index contributed by atoms with van der Waals surface area (Å²) in [6.07, 6.45) is 1.04. The van der Waals surface area contributed by atoms with E-state index in [0.29, 0.717) is 43.9 Å². The number of ether oxygens (including phenoxy) is 2. The second-order valence-electron chi connectivity index (χ2n) is 8.90. The number of ketones is 1. The first-order chi connectivity index (χ1) is 14.8. The van der Waals surface area contributed by atoms with E-state index < -0.39 is 11.9 Å². The summed E-state index contributed by atoms with van der Waals surface area (Å²) in [5, 5.41) is 2.84. The Morgan fingerprint density at radius 2 is 2.03 bits per heavy atom. The van der Waals surface area contributed by atoms with Gasteiger partial charge in [-0.05, 0) is 36.5 Å². The van der Waals surface area contributed by atoms with Gasteiger partial charge in [0.15, 0.2) is 5.78 Å². The Morgan fingerprint density at radius 3 is 2.74 bits per heavy atom. The van der Waals surface area contributed by atoms with Gasteiger partial charge in [-0.2, -0.15) is 0 Å². The summed E-state index contributed by atoms with van der Waals surface area (Å²) >= 11 is 0. The van der Waals surface area contributed by atoms with Crippen molar-refractivity contribution in [2.24, 2.45) is 5.41 Å². The number of carbonyl (C=O) groups is 3. The molecule has 0 bridgehead atoms. The van der Waals surface area contributed by atoms with Gasteiger partial charge in [0.2, 0.25) is 0 Å². The Balaban J connectivity index is 1.99. The van der Waals surface area contributed by atoms with E-state index in [9.17, 15) is 14.4 Å². The highest BCUT2D eigenvalue weighted by molar-refractivity contribution is 6.09. The molecule has 7 heteroatoms. The second kappa shape index (κ2) is 7.87. The van der Waals surface area contributed by atoms with Crippen molar-refractivity contribution in [2.75, 3.05) is 26.8 Å². The van der Waals surface area contributed by atoms with Crippen molar-refractivity contribution in [1.82, 2.24) is 10.2 Å². The topological polar surface area (TPSA) is 84.9 Å². The van der Waals surface area contributed by atoms with Crippen LogP contribution in [-0.2, 0) is 19.1 Å². The van der Waals surface area contributed by atoms with E-state index in [1.54, 1.807) is 0 Å². The van der Waals surface area contributed by atoms with E-state index in [0.717, 1.165) is 11.3 Å². The average molecular weight is 424 g/mol. The smallest absolute Gasteiger partial charge is 0.337 e. The van der Waals surface area contributed by atoms with E-state index in [-0.39, 0.29) is 28.4 Å². The molecular weight excluding hydrogens is 396 g/mol. The van der Waals surface area contributed by atoms with Gasteiger partial charge in [0.1, 0.15) is 11.4 Å². The van der Waals surface area contributed by atoms with Crippen LogP contribution in [0.15, 0.2) is 46.8 Å². The van der Waals surface area contributed by atoms with E-state index >= 15 is 0 Å². The molecule has 7 nitrogen and oxygen atoms in total. The molecule has 164 valence electrons. The van der Waals surface area contributed by atoms with Gasteiger partial charge in [-0.1, -0.05) is 26.0 Å². The third kappa shape index (κ3) is 3.62. The van der Waals surface area contributed by atoms with Crippen LogP contribution < -0.4 is 10.1 Å². The number of allylic oxidation sites excluding steroid dienone is 2. The number of esters is 1. The van der Waals surface area contributed by atoms with Crippen LogP contribution in [0.4, 0.5) is 0 Å². The Kier molecular flexibility index (Phi) is 5.37. The fourth-order valence-corrected chi connectivity index (χ4v) is 4.90. The molecule has 1 unspecified atom stereocenters. The molecule has 3 aliphatic rings. The van der Waals surface area contributed by atoms with Crippen LogP contribution in [0.2, 0.25) is 0 Å². The average Bonchev–Trinajstić information content (AvgIpc) is 2.72. The number of nitrogens with zero attached hydrogens (tertiary/aromatic N) is 1. The Hall–Kier alpha value is -3.09. The van der Waals surface area contributed by atoms with Crippen molar-refractivity contribution < 1.29 is 23.9 Å². The molecular formula is C24H28N2O5. The minimum absolute atomic E-state index is 0.00416. The van der Waals surface area contributed by atoms with Crippen molar-refractivity contribution in [1.29, 1.82) is 0 Å². The molecule has 31 heavy (non-hydrogen) atoms. The number of hydrogen-bond donors (Lipinski definition) is 1. The van der Waals surface area contributed by atoms with Crippen molar-refractivity contribution in [3.05, 3.63) is 52.4 Å². The van der Waals surface area contributed by atoms with Gasteiger partial charge in [-0.15, -0.1) is 0 Å². The molecule has 2 heterocycles. The largest absolute Gasteiger partial charge is 0.494 e. The van der Waals surface area contributed by atoms with Gasteiger partial charge in [-0.3, -0.25) is 9.59 Å². The minimum Gasteiger partial charge on any atom is -0.494 e. The molecule has 0 radical (unpaired) electrons. The van der Waals surface area contributed by atoms with E-state index in [1.807, 2.05) is 36.1 Å². The molecule has 1 N–H and O–H groups in total. The maximum absolute atomic E-state index is 13.5. The predicted molar refractivity (Wildman–Crippen MR) is 114 cm³/mol. The van der Waals surface area contributed by atoms with Crippen LogP contribution >= 0.6 is 0 Å². The van der Waals surface area contributed by atoms with Gasteiger partial charge in [0, 0.05) is 36.7 Å². The lowest BCUT2D eigenvalue weighted by Gasteiger charge is -2.46. The molecule has 2 aliphatic heterocycles. The standard InChI is InChI=1S/C24H28N2O5/c1-5-31-15-8-6-7-14(11-15)18-19-16(12-24(2,3)13-17(19)27)26-10-9-25-22(28)21(26)20(18)23(29)30-4/h6-8,11,18H,5,9-10,12-13H2,1-4H3,(H,25,28). The number of hydrogen-bond acceptors (Lipinski definition) is 6. The number of fused-ring (bicyclic) bond motifs is 2. The van der Waals surface area contributed by atoms with Crippen LogP contribution in [0.25, 0.3) is 0 Å². The maximum Gasteiger partial charge on any atom is 0.337 e. The normalized spacial score (nSPS) is 22.6. The Labute approximate surface area is 182 Å². The fourth-order valence-electron chi connectivity index (χ4n) is 4.90. The van der Waals surface area contributed by atoms with E-state index in [2.05, 4.69) is 19.2 Å². The molecule has 4 rings (SSSR count). The highest BCUT2D eigenvalue weighted by Gasteiger charge is 2.48. The molecule has 1 aliphatic carbocycles. The third-order valence-corrected chi connectivity index (χ3v) is 6.07. The van der Waals surface area contributed by atoms with Gasteiger partial charge in [0.05, 0.1) is 19.3 Å². The highest BCUT2D eigenvalue weighted by Crippen LogP contribution is 2.50. The number of benzene rings is 1. The third-order valence-electron chi connectivity index (χ3n) is 6.07. The summed E-state index contributed by atoms with van der Waals surface area (Å²) in [6.45, 7) is 7.47. The summed E-state index contributed by atoms with van der Waals surface area (Å²) < 4.78 is 10.8. The van der Waals surface area contributed by atoms with Crippen LogP contribution in [0, 0.1) is 5.41 Å². The SMILES string of the molecule is CCOc1cccc(C2C3=C(CC(C)(C)CC3=O)N3CCNC(=O)C3=C2C(=O)OC)c1. The van der Waals surface area contributed by atoms with Crippen molar-refractivity contribution >= 4 is 17.7 Å². The van der Waals surface area contributed by atoms with Gasteiger partial charge in [-0.25, -0.2) is 4.79 Å². The molecule has 1 fully saturated rings. The van der Waals surface area contributed by atoms with Gasteiger partial charge in [0.25, 0.3) is 5.91 Å². The lowest BCUT2D eigenvalue weighted by Crippen LogP contribution is -2.51. The fraction of sp³-hybridized carbons (Fsp3) is 0.458. The number of nitrogens with one attached hydrogen (secondary N) is 1. The second-order valence-corrected chi connectivity index (χ2v) is 8.90. The van der Waals surface area contributed by atoms with Crippen LogP contribution in [0.1, 0.15) is 45.1 Å². The number of Topliss-reactive ketones (excluding diaryl/α,β-unsaturated/α-hetero) is 1. The minimum atomic E-state index is -0.679. The Bertz CT molecular complexity index is 1020. The first-order valence-corrected chi connectivity index (χ1v) is 10.6. The molecule has 1 atom stereocenters. The summed E-state index contributed by atoms with van der Waals surface area (Å²) in [5.74, 6) is -0.949. The number of carbonyl (C=O) groups excluding carboxylic acids is 3. The van der Waals surface area contributed by atoms with Crippen LogP contribution in [0.5, 0.6) is 5.75 Å². The monoisotopic (exact) mass is 424 g/mol. The summed E-state index contributed by atoms with van der Waals surface area (Å²) in [7, 11) is 1.30. The maximum atomic E-state index is 13.5. The van der Waals surface area contributed by atoms with Crippen molar-refractivity contribution in [3.8, 4) is 5.75 Å². The predicted octanol–water partition coefficient (Wildman–Crippen LogP) is 2.68. The first kappa shape index (κ1) is 21.2. The summed E-state index contributed by atoms with van der Waals surface area (Å²) in [5.41, 5.74) is 2.43. The zero-order valence-corrected chi connectivity index (χ0v) is 18.4. The van der Waals surface area contributed by atoms with Gasteiger partial charge >= 0.3 is 5.97 Å². The lowest BCUT2D eigenvalue weighted by molar-refractivity contribution is -0.137. The molecule has 1 aromatic carbocycles.